The molecule has 0 aromatic heterocycles. The third-order valence-corrected chi connectivity index (χ3v) is 20.4. The van der Waals surface area contributed by atoms with Gasteiger partial charge >= 0.3 is 84.3 Å². The Morgan fingerprint density at radius 3 is 1.33 bits per heavy atom. The van der Waals surface area contributed by atoms with Gasteiger partial charge in [0.25, 0.3) is 0 Å². The Hall–Kier alpha value is -0.250. The van der Waals surface area contributed by atoms with Crippen molar-refractivity contribution < 1.29 is 30.2 Å². The fourth-order valence-electron chi connectivity index (χ4n) is 2.58. The molecule has 1 saturated heterocycles. The SMILES string of the molecule is C1=CC[C]([Hf]2([C]3=CC=CC3)[CH2][CH2]2)=C1.CC(C)O.CC(C)O. The second kappa shape index (κ2) is 9.02. The van der Waals surface area contributed by atoms with Crippen LogP contribution in [0.15, 0.2) is 43.1 Å². The van der Waals surface area contributed by atoms with Crippen LogP contribution in [0.3, 0.4) is 0 Å². The maximum Gasteiger partial charge on any atom is 0.0483 e. The molecule has 0 aromatic carbocycles. The molecule has 118 valence electrons. The molecule has 0 bridgehead atoms. The Bertz CT molecular complexity index is 395. The molecule has 0 atom stereocenters. The van der Waals surface area contributed by atoms with Crippen LogP contribution in [0, 0.1) is 0 Å². The molecule has 0 radical (unpaired) electrons. The van der Waals surface area contributed by atoms with E-state index in [9.17, 15) is 0 Å². The summed E-state index contributed by atoms with van der Waals surface area (Å²) in [6.45, 7) is 6.89. The molecule has 3 aliphatic rings. The molecule has 0 spiro atoms. The van der Waals surface area contributed by atoms with Crippen LogP contribution in [0.1, 0.15) is 40.5 Å². The van der Waals surface area contributed by atoms with E-state index in [1.807, 2.05) is 6.66 Å². The van der Waals surface area contributed by atoms with Crippen molar-refractivity contribution in [3.05, 3.63) is 43.1 Å². The second-order valence-corrected chi connectivity index (χ2v) is 22.4. The zero-order valence-electron chi connectivity index (χ0n) is 13.8. The van der Waals surface area contributed by atoms with Crippen LogP contribution in [0.5, 0.6) is 0 Å². The smallest absolute Gasteiger partial charge is 0.0483 e. The molecular weight excluding hydrogens is 427 g/mol. The van der Waals surface area contributed by atoms with Gasteiger partial charge in [-0.3, -0.25) is 0 Å². The third kappa shape index (κ3) is 6.58. The number of allylic oxidation sites excluding steroid dienone is 8. The molecule has 2 nitrogen and oxygen atoms in total. The van der Waals surface area contributed by atoms with E-state index in [-0.39, 0.29) is 12.2 Å². The third-order valence-electron chi connectivity index (χ3n) is 3.52. The summed E-state index contributed by atoms with van der Waals surface area (Å²) in [4.78, 5) is 0. The van der Waals surface area contributed by atoms with Gasteiger partial charge in [0.05, 0.1) is 0 Å². The summed E-state index contributed by atoms with van der Waals surface area (Å²) in [5.74, 6) is 0. The van der Waals surface area contributed by atoms with Crippen LogP contribution in [0.25, 0.3) is 0 Å². The van der Waals surface area contributed by atoms with E-state index >= 15 is 0 Å². The normalized spacial score (nSPS) is 20.6. The molecule has 1 heterocycles. The van der Waals surface area contributed by atoms with Gasteiger partial charge < -0.3 is 10.2 Å². The van der Waals surface area contributed by atoms with Gasteiger partial charge in [-0.2, -0.15) is 0 Å². The second-order valence-electron chi connectivity index (χ2n) is 6.42. The van der Waals surface area contributed by atoms with Crippen molar-refractivity contribution in [1.29, 1.82) is 0 Å². The van der Waals surface area contributed by atoms with Crippen molar-refractivity contribution in [2.45, 2.75) is 61.1 Å². The summed E-state index contributed by atoms with van der Waals surface area (Å²) in [6.07, 6.45) is 16.3. The first-order valence-electron chi connectivity index (χ1n) is 7.97. The largest absolute Gasteiger partial charge is 0.394 e. The Morgan fingerprint density at radius 2 is 1.14 bits per heavy atom. The zero-order chi connectivity index (χ0) is 15.9. The van der Waals surface area contributed by atoms with Crippen molar-refractivity contribution in [3.63, 3.8) is 0 Å². The minimum atomic E-state index is -1.89. The van der Waals surface area contributed by atoms with Gasteiger partial charge in [-0.25, -0.2) is 0 Å². The van der Waals surface area contributed by atoms with E-state index in [0.717, 1.165) is 0 Å². The molecule has 2 aliphatic carbocycles. The van der Waals surface area contributed by atoms with Gasteiger partial charge in [-0.1, -0.05) is 0 Å². The molecule has 0 saturated carbocycles. The molecular formula is C18H30HfO2. The number of aliphatic hydroxyl groups excluding tert-OH is 2. The van der Waals surface area contributed by atoms with Gasteiger partial charge in [-0.15, -0.1) is 0 Å². The van der Waals surface area contributed by atoms with Gasteiger partial charge in [0.1, 0.15) is 0 Å². The summed E-state index contributed by atoms with van der Waals surface area (Å²) in [5, 5.41) is 16.1. The molecule has 21 heavy (non-hydrogen) atoms. The zero-order valence-corrected chi connectivity index (χ0v) is 17.4. The first-order chi connectivity index (χ1) is 9.88. The standard InChI is InChI=1S/2C5H5.2C3H8O.C2H4.Hf/c2*1-2-4-5-3-1;2*1-3(2)4;1-2;/h2*1-3H,4H2;2*3-4H,1-2H3;1-2H2;. The van der Waals surface area contributed by atoms with Gasteiger partial charge in [-0.05, 0) is 27.7 Å². The maximum atomic E-state index is 8.06. The fraction of sp³-hybridized carbons (Fsp3) is 0.556. The van der Waals surface area contributed by atoms with E-state index in [1.165, 1.54) is 12.8 Å². The Morgan fingerprint density at radius 1 is 0.810 bits per heavy atom. The molecule has 1 aliphatic heterocycles. The predicted octanol–water partition coefficient (Wildman–Crippen LogP) is 4.45. The number of hydrogen-bond acceptors (Lipinski definition) is 2. The first kappa shape index (κ1) is 18.8. The van der Waals surface area contributed by atoms with Crippen LogP contribution in [0.2, 0.25) is 8.35 Å². The van der Waals surface area contributed by atoms with Crippen molar-refractivity contribution in [2.75, 3.05) is 0 Å². The van der Waals surface area contributed by atoms with E-state index in [1.54, 1.807) is 36.0 Å². The molecule has 3 rings (SSSR count). The molecule has 3 heteroatoms. The quantitative estimate of drug-likeness (QED) is 0.603. The van der Waals surface area contributed by atoms with E-state index in [2.05, 4.69) is 36.5 Å². The van der Waals surface area contributed by atoms with Gasteiger partial charge in [0.2, 0.25) is 0 Å². The Kier molecular flexibility index (Phi) is 8.07. The maximum absolute atomic E-state index is 8.06. The molecule has 0 aromatic rings. The van der Waals surface area contributed by atoms with E-state index in [0.29, 0.717) is 0 Å². The minimum absolute atomic E-state index is 0.167. The average molecular weight is 457 g/mol. The van der Waals surface area contributed by atoms with E-state index in [4.69, 9.17) is 10.2 Å². The number of aliphatic hydroxyl groups is 2. The summed E-state index contributed by atoms with van der Waals surface area (Å²) in [5.41, 5.74) is 0. The van der Waals surface area contributed by atoms with Crippen LogP contribution in [-0.4, -0.2) is 22.4 Å². The summed E-state index contributed by atoms with van der Waals surface area (Å²) >= 11 is -1.89. The number of hydrogen-bond donors (Lipinski definition) is 2. The van der Waals surface area contributed by atoms with Crippen LogP contribution in [-0.2, 0) is 20.0 Å². The molecule has 1 fully saturated rings. The summed E-state index contributed by atoms with van der Waals surface area (Å²) in [7, 11) is 0. The number of rotatable bonds is 2. The first-order valence-corrected chi connectivity index (χ1v) is 16.6. The van der Waals surface area contributed by atoms with Crippen molar-refractivity contribution in [2.24, 2.45) is 0 Å². The fourth-order valence-corrected chi connectivity index (χ4v) is 23.6. The van der Waals surface area contributed by atoms with Crippen molar-refractivity contribution >= 4 is 0 Å². The van der Waals surface area contributed by atoms with Crippen molar-refractivity contribution in [3.8, 4) is 0 Å². The minimum Gasteiger partial charge on any atom is -0.394 e. The van der Waals surface area contributed by atoms with E-state index < -0.39 is 20.0 Å². The summed E-state index contributed by atoms with van der Waals surface area (Å²) in [6, 6.07) is 0. The molecule has 0 amide bonds. The molecule has 2 N–H and O–H groups in total. The predicted molar refractivity (Wildman–Crippen MR) is 88.0 cm³/mol. The monoisotopic (exact) mass is 458 g/mol. The average Bonchev–Trinajstić information content (AvgIpc) is 2.87. The Labute approximate surface area is 134 Å². The van der Waals surface area contributed by atoms with Crippen LogP contribution in [0.4, 0.5) is 0 Å². The van der Waals surface area contributed by atoms with Gasteiger partial charge in [0.15, 0.2) is 0 Å². The van der Waals surface area contributed by atoms with Crippen molar-refractivity contribution in [1.82, 2.24) is 0 Å². The molecule has 0 unspecified atom stereocenters. The van der Waals surface area contributed by atoms with Crippen LogP contribution >= 0.6 is 0 Å². The van der Waals surface area contributed by atoms with Gasteiger partial charge in [0, 0.05) is 12.2 Å². The Balaban J connectivity index is 0.000000234. The summed E-state index contributed by atoms with van der Waals surface area (Å²) < 4.78 is 6.96. The topological polar surface area (TPSA) is 40.5 Å². The van der Waals surface area contributed by atoms with Crippen LogP contribution < -0.4 is 0 Å².